The number of hydrogen-bond donors (Lipinski definition) is 3. The average Bonchev–Trinajstić information content (AvgIpc) is 2.35. The van der Waals surface area contributed by atoms with Gasteiger partial charge in [0.15, 0.2) is 4.90 Å². The molecule has 11 heteroatoms. The SMILES string of the molecule is CCCC(O)[P+](=O)c1cccc(S(=O)(=O)O)c1S(=O)(=O)O. The fourth-order valence-corrected chi connectivity index (χ4v) is 5.62. The van der Waals surface area contributed by atoms with Gasteiger partial charge in [0.1, 0.15) is 4.90 Å². The van der Waals surface area contributed by atoms with Crippen LogP contribution in [0.3, 0.4) is 0 Å². The van der Waals surface area contributed by atoms with Crippen molar-refractivity contribution in [3.8, 4) is 0 Å². The lowest BCUT2D eigenvalue weighted by atomic mass is 10.3. The zero-order valence-electron chi connectivity index (χ0n) is 10.9. The molecule has 118 valence electrons. The maximum atomic E-state index is 12.1. The van der Waals surface area contributed by atoms with E-state index in [1.165, 1.54) is 0 Å². The number of rotatable bonds is 6. The molecule has 1 rings (SSSR count). The number of hydrogen-bond acceptors (Lipinski definition) is 6. The van der Waals surface area contributed by atoms with Gasteiger partial charge in [-0.1, -0.05) is 17.6 Å². The average molecular weight is 357 g/mol. The second-order valence-corrected chi connectivity index (χ2v) is 8.63. The standard InChI is InChI=1S/C10H13O8PS2/c1-2-4-9(11)19(12)7-5-3-6-8(20(13,14)15)10(7)21(16,17)18/h3,5-6,9,11H,2,4H2,1H3,(H-,13,14,15,16,17,18)/p+1. The van der Waals surface area contributed by atoms with Crippen LogP contribution in [-0.2, 0) is 24.8 Å². The van der Waals surface area contributed by atoms with Gasteiger partial charge in [0.05, 0.1) is 0 Å². The molecule has 1 aromatic carbocycles. The van der Waals surface area contributed by atoms with E-state index in [1.54, 1.807) is 6.92 Å². The first kappa shape index (κ1) is 18.1. The number of aliphatic hydroxyl groups excluding tert-OH is 1. The highest BCUT2D eigenvalue weighted by Gasteiger charge is 2.39. The van der Waals surface area contributed by atoms with Crippen molar-refractivity contribution in [2.75, 3.05) is 0 Å². The molecule has 0 heterocycles. The molecule has 8 nitrogen and oxygen atoms in total. The van der Waals surface area contributed by atoms with Gasteiger partial charge in [-0.05, 0) is 18.6 Å². The Labute approximate surface area is 123 Å². The third-order valence-electron chi connectivity index (χ3n) is 2.55. The number of aliphatic hydroxyl groups is 1. The van der Waals surface area contributed by atoms with Gasteiger partial charge in [-0.25, -0.2) is 0 Å². The molecule has 0 aliphatic carbocycles. The zero-order valence-corrected chi connectivity index (χ0v) is 13.4. The van der Waals surface area contributed by atoms with Crippen molar-refractivity contribution in [3.63, 3.8) is 0 Å². The van der Waals surface area contributed by atoms with Crippen LogP contribution in [0.15, 0.2) is 28.0 Å². The quantitative estimate of drug-likeness (QED) is 0.499. The van der Waals surface area contributed by atoms with Crippen LogP contribution in [0.4, 0.5) is 0 Å². The fraction of sp³-hybridized carbons (Fsp3) is 0.400. The van der Waals surface area contributed by atoms with E-state index in [1.807, 2.05) is 0 Å². The fourth-order valence-electron chi connectivity index (χ4n) is 1.68. The lowest BCUT2D eigenvalue weighted by Gasteiger charge is -2.06. The van der Waals surface area contributed by atoms with Crippen LogP contribution < -0.4 is 5.30 Å². The monoisotopic (exact) mass is 357 g/mol. The van der Waals surface area contributed by atoms with Gasteiger partial charge >= 0.3 is 7.80 Å². The molecule has 0 amide bonds. The minimum atomic E-state index is -5.07. The molecule has 2 atom stereocenters. The molecule has 0 aromatic heterocycles. The molecule has 2 unspecified atom stereocenters. The highest BCUT2D eigenvalue weighted by molar-refractivity contribution is 7.89. The van der Waals surface area contributed by atoms with Gasteiger partial charge in [0.2, 0.25) is 5.30 Å². The van der Waals surface area contributed by atoms with Crippen LogP contribution in [0.2, 0.25) is 0 Å². The van der Waals surface area contributed by atoms with Crippen LogP contribution in [0.1, 0.15) is 19.8 Å². The zero-order chi connectivity index (χ0) is 16.4. The minimum Gasteiger partial charge on any atom is -0.351 e. The largest absolute Gasteiger partial charge is 0.409 e. The first-order valence-corrected chi connectivity index (χ1v) is 9.93. The Morgan fingerprint density at radius 1 is 1.14 bits per heavy atom. The minimum absolute atomic E-state index is 0.0935. The van der Waals surface area contributed by atoms with Crippen molar-refractivity contribution < 1.29 is 35.6 Å². The summed E-state index contributed by atoms with van der Waals surface area (Å²) in [6, 6.07) is 2.81. The Morgan fingerprint density at radius 3 is 2.14 bits per heavy atom. The van der Waals surface area contributed by atoms with E-state index in [9.17, 15) is 26.5 Å². The van der Waals surface area contributed by atoms with E-state index in [4.69, 9.17) is 9.11 Å². The van der Waals surface area contributed by atoms with Crippen molar-refractivity contribution in [1.82, 2.24) is 0 Å². The summed E-state index contributed by atoms with van der Waals surface area (Å²) < 4.78 is 75.4. The normalized spacial score (nSPS) is 14.8. The van der Waals surface area contributed by atoms with Gasteiger partial charge < -0.3 is 5.11 Å². The molecule has 1 aromatic rings. The Bertz CT molecular complexity index is 753. The molecule has 0 fully saturated rings. The Morgan fingerprint density at radius 2 is 1.71 bits per heavy atom. The summed E-state index contributed by atoms with van der Waals surface area (Å²) in [4.78, 5) is -2.27. The van der Waals surface area contributed by atoms with Crippen LogP contribution in [0.25, 0.3) is 0 Å². The third-order valence-corrected chi connectivity index (χ3v) is 6.33. The van der Waals surface area contributed by atoms with Gasteiger partial charge in [0, 0.05) is 6.42 Å². The van der Waals surface area contributed by atoms with Crippen molar-refractivity contribution in [3.05, 3.63) is 18.2 Å². The first-order chi connectivity index (χ1) is 9.50. The molecule has 0 saturated heterocycles. The smallest absolute Gasteiger partial charge is 0.351 e. The molecular weight excluding hydrogens is 343 g/mol. The second kappa shape index (κ2) is 6.47. The maximum Gasteiger partial charge on any atom is 0.409 e. The summed E-state index contributed by atoms with van der Waals surface area (Å²) in [5.74, 6) is -1.40. The van der Waals surface area contributed by atoms with Gasteiger partial charge in [-0.3, -0.25) is 9.11 Å². The maximum absolute atomic E-state index is 12.1. The van der Waals surface area contributed by atoms with E-state index >= 15 is 0 Å². The number of benzene rings is 1. The van der Waals surface area contributed by atoms with E-state index in [0.717, 1.165) is 18.2 Å². The lowest BCUT2D eigenvalue weighted by molar-refractivity contribution is 0.241. The highest BCUT2D eigenvalue weighted by atomic mass is 32.2. The molecule has 21 heavy (non-hydrogen) atoms. The van der Waals surface area contributed by atoms with E-state index in [-0.39, 0.29) is 6.42 Å². The van der Waals surface area contributed by atoms with Crippen molar-refractivity contribution >= 4 is 33.3 Å². The molecule has 0 spiro atoms. The lowest BCUT2D eigenvalue weighted by Crippen LogP contribution is -2.20. The summed E-state index contributed by atoms with van der Waals surface area (Å²) in [5, 5.41) is 9.13. The van der Waals surface area contributed by atoms with Crippen molar-refractivity contribution in [2.24, 2.45) is 0 Å². The van der Waals surface area contributed by atoms with Crippen molar-refractivity contribution in [2.45, 2.75) is 35.4 Å². The van der Waals surface area contributed by atoms with Crippen LogP contribution in [0, 0.1) is 0 Å². The highest BCUT2D eigenvalue weighted by Crippen LogP contribution is 2.33. The van der Waals surface area contributed by atoms with Crippen LogP contribution in [-0.4, -0.2) is 36.9 Å². The van der Waals surface area contributed by atoms with Crippen LogP contribution in [0.5, 0.6) is 0 Å². The molecular formula is C10H14O8PS2+. The van der Waals surface area contributed by atoms with Gasteiger partial charge in [-0.15, -0.1) is 0 Å². The summed E-state index contributed by atoms with van der Waals surface area (Å²) in [6.45, 7) is 1.70. The summed E-state index contributed by atoms with van der Waals surface area (Å²) in [5.41, 5.74) is 0. The van der Waals surface area contributed by atoms with Gasteiger partial charge in [-0.2, -0.15) is 16.8 Å². The Hall–Kier alpha value is -0.900. The van der Waals surface area contributed by atoms with Crippen LogP contribution >= 0.6 is 7.80 Å². The third kappa shape index (κ3) is 4.29. The summed E-state index contributed by atoms with van der Waals surface area (Å²) in [6.07, 6.45) is 0.553. The summed E-state index contributed by atoms with van der Waals surface area (Å²) in [7, 11) is -12.7. The molecule has 0 saturated carbocycles. The molecule has 0 bridgehead atoms. The van der Waals surface area contributed by atoms with E-state index in [0.29, 0.717) is 6.42 Å². The van der Waals surface area contributed by atoms with Crippen molar-refractivity contribution in [1.29, 1.82) is 0 Å². The molecule has 0 radical (unpaired) electrons. The predicted octanol–water partition coefficient (Wildman–Crippen LogP) is 0.751. The molecule has 3 N–H and O–H groups in total. The second-order valence-electron chi connectivity index (χ2n) is 4.15. The Balaban J connectivity index is 3.66. The molecule has 0 aliphatic rings. The molecule has 0 aliphatic heterocycles. The first-order valence-electron chi connectivity index (χ1n) is 5.72. The van der Waals surface area contributed by atoms with Gasteiger partial charge in [0.25, 0.3) is 26.1 Å². The van der Waals surface area contributed by atoms with E-state index < -0.39 is 49.0 Å². The topological polar surface area (TPSA) is 146 Å². The Kier molecular flexibility index (Phi) is 5.59. The summed E-state index contributed by atoms with van der Waals surface area (Å²) >= 11 is 0. The predicted molar refractivity (Wildman–Crippen MR) is 74.2 cm³/mol. The van der Waals surface area contributed by atoms with E-state index in [2.05, 4.69) is 0 Å².